The van der Waals surface area contributed by atoms with E-state index in [1.165, 1.54) is 11.1 Å². The van der Waals surface area contributed by atoms with Crippen LogP contribution in [-0.2, 0) is 16.0 Å². The number of cyclic esters (lactones) is 1. The van der Waals surface area contributed by atoms with Crippen molar-refractivity contribution in [1.29, 1.82) is 0 Å². The van der Waals surface area contributed by atoms with Gasteiger partial charge in [0.2, 0.25) is 0 Å². The molecule has 1 saturated carbocycles. The van der Waals surface area contributed by atoms with Crippen molar-refractivity contribution >= 4 is 33.9 Å². The number of hydrogen-bond acceptors (Lipinski definition) is 3. The first-order valence-corrected chi connectivity index (χ1v) is 8.81. The highest BCUT2D eigenvalue weighted by atomic mass is 79.9. The molecule has 2 aliphatic carbocycles. The van der Waals surface area contributed by atoms with Gasteiger partial charge in [0.15, 0.2) is 6.29 Å². The van der Waals surface area contributed by atoms with Crippen molar-refractivity contribution in [3.05, 3.63) is 39.4 Å². The second kappa shape index (κ2) is 5.48. The first-order chi connectivity index (χ1) is 11.1. The van der Waals surface area contributed by atoms with E-state index in [-0.39, 0.29) is 11.6 Å². The number of rotatable bonds is 2. The number of nitrogens with one attached hydrogen (secondary N) is 1. The lowest BCUT2D eigenvalue weighted by Gasteiger charge is -2.22. The molecule has 4 rings (SSSR count). The Morgan fingerprint density at radius 3 is 2.96 bits per heavy atom. The molecule has 5 heteroatoms. The molecular weight excluding hydrogens is 358 g/mol. The summed E-state index contributed by atoms with van der Waals surface area (Å²) in [4.78, 5) is 22.7. The van der Waals surface area contributed by atoms with Crippen molar-refractivity contribution in [2.75, 3.05) is 6.61 Å². The molecule has 1 saturated heterocycles. The SMILES string of the molecule is O=CC1=C(Br)CCc2cc([C@H]3CC[C@]4(COC(=O)N4)C3)ccc21. The van der Waals surface area contributed by atoms with Crippen LogP contribution in [0.2, 0.25) is 0 Å². The third-order valence-electron chi connectivity index (χ3n) is 5.37. The maximum absolute atomic E-state index is 11.4. The van der Waals surface area contributed by atoms with E-state index in [1.54, 1.807) is 0 Å². The van der Waals surface area contributed by atoms with Gasteiger partial charge in [-0.15, -0.1) is 0 Å². The number of fused-ring (bicyclic) bond motifs is 1. The maximum Gasteiger partial charge on any atom is 0.407 e. The normalized spacial score (nSPS) is 29.4. The fraction of sp³-hybridized carbons (Fsp3) is 0.444. The highest BCUT2D eigenvalue weighted by Gasteiger charge is 2.46. The number of aldehydes is 1. The average molecular weight is 376 g/mol. The Morgan fingerprint density at radius 2 is 2.22 bits per heavy atom. The average Bonchev–Trinajstić information content (AvgIpc) is 3.13. The molecule has 120 valence electrons. The molecule has 23 heavy (non-hydrogen) atoms. The quantitative estimate of drug-likeness (QED) is 0.802. The number of hydrogen-bond donors (Lipinski definition) is 1. The van der Waals surface area contributed by atoms with Gasteiger partial charge in [0.05, 0.1) is 5.54 Å². The van der Waals surface area contributed by atoms with Gasteiger partial charge in [0, 0.05) is 10.1 Å². The van der Waals surface area contributed by atoms with Crippen LogP contribution in [0.15, 0.2) is 22.7 Å². The number of benzene rings is 1. The highest BCUT2D eigenvalue weighted by Crippen LogP contribution is 2.44. The molecule has 1 amide bonds. The summed E-state index contributed by atoms with van der Waals surface area (Å²) < 4.78 is 6.10. The first kappa shape index (κ1) is 14.9. The molecule has 0 bridgehead atoms. The van der Waals surface area contributed by atoms with Crippen LogP contribution >= 0.6 is 15.9 Å². The molecule has 1 aromatic carbocycles. The minimum Gasteiger partial charge on any atom is -0.447 e. The monoisotopic (exact) mass is 375 g/mol. The number of halogens is 1. The van der Waals surface area contributed by atoms with Gasteiger partial charge >= 0.3 is 6.09 Å². The molecule has 1 N–H and O–H groups in total. The van der Waals surface area contributed by atoms with Gasteiger partial charge in [-0.05, 0) is 54.7 Å². The summed E-state index contributed by atoms with van der Waals surface area (Å²) in [7, 11) is 0. The van der Waals surface area contributed by atoms with Gasteiger partial charge in [-0.1, -0.05) is 34.1 Å². The summed E-state index contributed by atoms with van der Waals surface area (Å²) in [5, 5.41) is 2.99. The molecule has 2 fully saturated rings. The predicted molar refractivity (Wildman–Crippen MR) is 90.5 cm³/mol. The minimum atomic E-state index is -0.290. The Bertz CT molecular complexity index is 727. The van der Waals surface area contributed by atoms with E-state index in [0.717, 1.165) is 54.0 Å². The van der Waals surface area contributed by atoms with Crippen molar-refractivity contribution in [2.45, 2.75) is 43.6 Å². The first-order valence-electron chi connectivity index (χ1n) is 8.02. The van der Waals surface area contributed by atoms with Crippen molar-refractivity contribution in [2.24, 2.45) is 0 Å². The summed E-state index contributed by atoms with van der Waals surface area (Å²) in [6.07, 6.45) is 5.44. The molecule has 0 radical (unpaired) electrons. The fourth-order valence-corrected chi connectivity index (χ4v) is 4.64. The lowest BCUT2D eigenvalue weighted by molar-refractivity contribution is -0.103. The molecule has 2 atom stereocenters. The van der Waals surface area contributed by atoms with Gasteiger partial charge in [-0.25, -0.2) is 4.79 Å². The molecule has 3 aliphatic rings. The van der Waals surface area contributed by atoms with Crippen LogP contribution in [0.1, 0.15) is 48.3 Å². The van der Waals surface area contributed by atoms with E-state index in [0.29, 0.717) is 12.5 Å². The van der Waals surface area contributed by atoms with Gasteiger partial charge < -0.3 is 10.1 Å². The number of amides is 1. The number of allylic oxidation sites excluding steroid dienone is 2. The highest BCUT2D eigenvalue weighted by molar-refractivity contribution is 9.11. The summed E-state index contributed by atoms with van der Waals surface area (Å²) in [5.41, 5.74) is 4.21. The van der Waals surface area contributed by atoms with Crippen LogP contribution in [0, 0.1) is 0 Å². The van der Waals surface area contributed by atoms with E-state index < -0.39 is 0 Å². The van der Waals surface area contributed by atoms with E-state index in [9.17, 15) is 9.59 Å². The summed E-state index contributed by atoms with van der Waals surface area (Å²) >= 11 is 3.51. The number of carbonyl (C=O) groups excluding carboxylic acids is 2. The number of aryl methyl sites for hydroxylation is 1. The van der Waals surface area contributed by atoms with Crippen molar-refractivity contribution in [3.63, 3.8) is 0 Å². The number of ether oxygens (including phenoxy) is 1. The third kappa shape index (κ3) is 2.51. The van der Waals surface area contributed by atoms with Gasteiger partial charge in [-0.2, -0.15) is 0 Å². The lowest BCUT2D eigenvalue weighted by Crippen LogP contribution is -2.40. The van der Waals surface area contributed by atoms with E-state index >= 15 is 0 Å². The lowest BCUT2D eigenvalue weighted by atomic mass is 9.86. The molecule has 1 heterocycles. The summed E-state index contributed by atoms with van der Waals surface area (Å²) in [6, 6.07) is 6.46. The smallest absolute Gasteiger partial charge is 0.407 e. The van der Waals surface area contributed by atoms with Crippen LogP contribution < -0.4 is 5.32 Å². The van der Waals surface area contributed by atoms with Crippen molar-refractivity contribution in [1.82, 2.24) is 5.32 Å². The van der Waals surface area contributed by atoms with Gasteiger partial charge in [0.25, 0.3) is 0 Å². The Balaban J connectivity index is 1.60. The van der Waals surface area contributed by atoms with Gasteiger partial charge in [-0.3, -0.25) is 4.79 Å². The molecule has 1 aliphatic heterocycles. The third-order valence-corrected chi connectivity index (χ3v) is 6.19. The molecule has 1 aromatic rings. The topological polar surface area (TPSA) is 55.4 Å². The molecule has 4 nitrogen and oxygen atoms in total. The fourth-order valence-electron chi connectivity index (χ4n) is 4.14. The van der Waals surface area contributed by atoms with Gasteiger partial charge in [0.1, 0.15) is 6.61 Å². The second-order valence-corrected chi connectivity index (χ2v) is 7.73. The molecule has 0 aromatic heterocycles. The largest absolute Gasteiger partial charge is 0.447 e. The predicted octanol–water partition coefficient (Wildman–Crippen LogP) is 3.68. The summed E-state index contributed by atoms with van der Waals surface area (Å²) in [6.45, 7) is 0.484. The second-order valence-electron chi connectivity index (χ2n) is 6.77. The van der Waals surface area contributed by atoms with Crippen molar-refractivity contribution < 1.29 is 14.3 Å². The Kier molecular flexibility index (Phi) is 3.56. The molecule has 0 unspecified atom stereocenters. The minimum absolute atomic E-state index is 0.172. The van der Waals surface area contributed by atoms with Crippen molar-refractivity contribution in [3.8, 4) is 0 Å². The van der Waals surface area contributed by atoms with Crippen LogP contribution in [0.5, 0.6) is 0 Å². The van der Waals surface area contributed by atoms with E-state index in [4.69, 9.17) is 4.74 Å². The van der Waals surface area contributed by atoms with E-state index in [1.807, 2.05) is 0 Å². The maximum atomic E-state index is 11.4. The number of alkyl carbamates (subject to hydrolysis) is 1. The Hall–Kier alpha value is -1.62. The van der Waals surface area contributed by atoms with Crippen LogP contribution in [0.4, 0.5) is 4.79 Å². The molecule has 1 spiro atoms. The van der Waals surface area contributed by atoms with Crippen LogP contribution in [0.3, 0.4) is 0 Å². The van der Waals surface area contributed by atoms with Crippen LogP contribution in [0.25, 0.3) is 5.57 Å². The summed E-state index contributed by atoms with van der Waals surface area (Å²) in [5.74, 6) is 0.441. The number of carbonyl (C=O) groups is 2. The van der Waals surface area contributed by atoms with Crippen LogP contribution in [-0.4, -0.2) is 24.5 Å². The zero-order chi connectivity index (χ0) is 16.0. The van der Waals surface area contributed by atoms with E-state index in [2.05, 4.69) is 39.4 Å². The zero-order valence-electron chi connectivity index (χ0n) is 12.7. The zero-order valence-corrected chi connectivity index (χ0v) is 14.3. The molecular formula is C18H18BrNO3. The standard InChI is InChI=1S/C18H18BrNO3/c19-16-4-2-12-7-11(1-3-14(12)15(16)9-21)13-5-6-18(8-13)10-23-17(22)20-18/h1,3,7,9,13H,2,4-6,8,10H2,(H,20,22)/t13-,18+/m0/s1. The Labute approximate surface area is 143 Å². The Morgan fingerprint density at radius 1 is 1.35 bits per heavy atom.